The Morgan fingerprint density at radius 3 is 1.40 bits per heavy atom. The molecule has 0 bridgehead atoms. The quantitative estimate of drug-likeness (QED) is 0.114. The van der Waals surface area contributed by atoms with Crippen molar-refractivity contribution in [3.05, 3.63) is 149 Å². The normalized spacial score (nSPS) is 12.7. The molecule has 0 spiro atoms. The smallest absolute Gasteiger partial charge is 0.378 e. The number of aromatic nitrogens is 1. The molecule has 50 heavy (non-hydrogen) atoms. The largest absolute Gasteiger partial charge is 0.416 e. The van der Waals surface area contributed by atoms with E-state index in [0.717, 1.165) is 34.6 Å². The van der Waals surface area contributed by atoms with Crippen molar-refractivity contribution in [1.82, 2.24) is 4.98 Å². The third-order valence-corrected chi connectivity index (χ3v) is 7.93. The highest BCUT2D eigenvalue weighted by Crippen LogP contribution is 2.40. The van der Waals surface area contributed by atoms with Crippen molar-refractivity contribution in [3.8, 4) is 11.1 Å². The van der Waals surface area contributed by atoms with E-state index in [9.17, 15) is 26.3 Å². The van der Waals surface area contributed by atoms with E-state index in [1.807, 2.05) is 117 Å². The molecule has 0 amide bonds. The number of hydrogen-bond acceptors (Lipinski definition) is 3. The summed E-state index contributed by atoms with van der Waals surface area (Å²) in [5, 5.41) is 0.413. The SMILES string of the molecule is CN(C)c1ccc(/C=C/C=C/c2ccc3nc(/C=C/C=C/c4ccc(N(C)C)cc4)cc(-c4cc(C(F)(F)F)cc(C(F)(F)F)c4)c3c2)cc1. The van der Waals surface area contributed by atoms with Crippen molar-refractivity contribution in [2.45, 2.75) is 12.4 Å². The maximum absolute atomic E-state index is 13.8. The Labute approximate surface area is 287 Å². The van der Waals surface area contributed by atoms with Crippen LogP contribution in [0.25, 0.3) is 46.3 Å². The maximum Gasteiger partial charge on any atom is 0.416 e. The summed E-state index contributed by atoms with van der Waals surface area (Å²) in [6.45, 7) is 0. The summed E-state index contributed by atoms with van der Waals surface area (Å²) >= 11 is 0. The predicted molar refractivity (Wildman–Crippen MR) is 195 cm³/mol. The Morgan fingerprint density at radius 1 is 0.500 bits per heavy atom. The second kappa shape index (κ2) is 14.9. The van der Waals surface area contributed by atoms with Gasteiger partial charge in [0.05, 0.1) is 22.3 Å². The van der Waals surface area contributed by atoms with Gasteiger partial charge in [-0.2, -0.15) is 26.3 Å². The Balaban J connectivity index is 1.53. The highest BCUT2D eigenvalue weighted by Gasteiger charge is 2.37. The van der Waals surface area contributed by atoms with Crippen LogP contribution in [-0.2, 0) is 12.4 Å². The Morgan fingerprint density at radius 2 is 0.940 bits per heavy atom. The van der Waals surface area contributed by atoms with Crippen molar-refractivity contribution < 1.29 is 26.3 Å². The molecule has 9 heteroatoms. The van der Waals surface area contributed by atoms with Crippen LogP contribution in [-0.4, -0.2) is 33.2 Å². The lowest BCUT2D eigenvalue weighted by atomic mass is 9.95. The average molecular weight is 684 g/mol. The van der Waals surface area contributed by atoms with Crippen molar-refractivity contribution in [1.29, 1.82) is 0 Å². The van der Waals surface area contributed by atoms with Crippen LogP contribution < -0.4 is 9.80 Å². The van der Waals surface area contributed by atoms with E-state index in [1.165, 1.54) is 6.07 Å². The molecule has 4 aromatic carbocycles. The molecule has 0 aliphatic heterocycles. The first-order chi connectivity index (χ1) is 23.7. The third kappa shape index (κ3) is 9.11. The lowest BCUT2D eigenvalue weighted by Gasteiger charge is -2.16. The molecule has 0 radical (unpaired) electrons. The maximum atomic E-state index is 13.8. The molecule has 1 aromatic heterocycles. The van der Waals surface area contributed by atoms with Gasteiger partial charge in [0.25, 0.3) is 0 Å². The molecule has 0 saturated heterocycles. The molecular formula is C41H35F6N3. The van der Waals surface area contributed by atoms with Gasteiger partial charge in [-0.15, -0.1) is 0 Å². The second-order valence-electron chi connectivity index (χ2n) is 12.1. The third-order valence-electron chi connectivity index (χ3n) is 7.93. The van der Waals surface area contributed by atoms with Crippen molar-refractivity contribution in [2.24, 2.45) is 0 Å². The van der Waals surface area contributed by atoms with E-state index in [0.29, 0.717) is 22.2 Å². The average Bonchev–Trinajstić information content (AvgIpc) is 3.07. The fourth-order valence-corrected chi connectivity index (χ4v) is 5.22. The summed E-state index contributed by atoms with van der Waals surface area (Å²) < 4.78 is 83.1. The molecule has 1 heterocycles. The highest BCUT2D eigenvalue weighted by molar-refractivity contribution is 5.97. The Kier molecular flexibility index (Phi) is 10.7. The number of pyridine rings is 1. The first-order valence-corrected chi connectivity index (χ1v) is 15.7. The number of nitrogens with zero attached hydrogens (tertiary/aromatic N) is 3. The van der Waals surface area contributed by atoms with Crippen molar-refractivity contribution in [2.75, 3.05) is 38.0 Å². The number of rotatable bonds is 9. The van der Waals surface area contributed by atoms with Crippen LogP contribution in [0.15, 0.2) is 115 Å². The van der Waals surface area contributed by atoms with Crippen molar-refractivity contribution >= 4 is 46.6 Å². The summed E-state index contributed by atoms with van der Waals surface area (Å²) in [6.07, 6.45) is 4.51. The molecule has 0 atom stereocenters. The van der Waals surface area contributed by atoms with E-state index >= 15 is 0 Å². The highest BCUT2D eigenvalue weighted by atomic mass is 19.4. The van der Waals surface area contributed by atoms with E-state index < -0.39 is 23.5 Å². The van der Waals surface area contributed by atoms with Gasteiger partial charge in [0, 0.05) is 45.0 Å². The molecule has 0 fully saturated rings. The molecule has 0 N–H and O–H groups in total. The lowest BCUT2D eigenvalue weighted by molar-refractivity contribution is -0.143. The van der Waals surface area contributed by atoms with Gasteiger partial charge in [0.1, 0.15) is 0 Å². The summed E-state index contributed by atoms with van der Waals surface area (Å²) in [5.74, 6) is 0. The first-order valence-electron chi connectivity index (χ1n) is 15.7. The van der Waals surface area contributed by atoms with Crippen LogP contribution in [0.1, 0.15) is 33.5 Å². The summed E-state index contributed by atoms with van der Waals surface area (Å²) in [7, 11) is 7.82. The number of fused-ring (bicyclic) bond motifs is 1. The van der Waals surface area contributed by atoms with Crippen LogP contribution in [0.2, 0.25) is 0 Å². The molecule has 256 valence electrons. The number of alkyl halides is 6. The minimum atomic E-state index is -4.98. The monoisotopic (exact) mass is 683 g/mol. The lowest BCUT2D eigenvalue weighted by Crippen LogP contribution is -2.11. The minimum absolute atomic E-state index is 0.137. The summed E-state index contributed by atoms with van der Waals surface area (Å²) in [6, 6.07) is 24.2. The van der Waals surface area contributed by atoms with Crippen molar-refractivity contribution in [3.63, 3.8) is 0 Å². The van der Waals surface area contributed by atoms with E-state index in [-0.39, 0.29) is 17.2 Å². The molecule has 0 aliphatic carbocycles. The van der Waals surface area contributed by atoms with Gasteiger partial charge in [0.2, 0.25) is 0 Å². The van der Waals surface area contributed by atoms with Crippen LogP contribution in [0.4, 0.5) is 37.7 Å². The number of benzene rings is 4. The van der Waals surface area contributed by atoms with Gasteiger partial charge in [-0.3, -0.25) is 0 Å². The number of anilines is 2. The number of hydrogen-bond donors (Lipinski definition) is 0. The number of allylic oxidation sites excluding steroid dienone is 4. The molecule has 5 aromatic rings. The van der Waals surface area contributed by atoms with Gasteiger partial charge < -0.3 is 9.80 Å². The van der Waals surface area contributed by atoms with Gasteiger partial charge in [0.15, 0.2) is 0 Å². The second-order valence-corrected chi connectivity index (χ2v) is 12.1. The van der Waals surface area contributed by atoms with Gasteiger partial charge in [-0.05, 0) is 94.6 Å². The standard InChI is InChI=1S/C41H35F6N3/c1-49(2)35-18-13-28(14-19-35)9-5-6-11-30-17-22-39-38(23-30)37(31-24-32(40(42,43)44)26-33(25-31)41(45,46)47)27-34(48-39)12-8-7-10-29-15-20-36(21-16-29)50(3)4/h5-27H,1-4H3/b9-5+,10-7+,11-6+,12-8+. The summed E-state index contributed by atoms with van der Waals surface area (Å²) in [4.78, 5) is 8.65. The van der Waals surface area contributed by atoms with E-state index in [2.05, 4.69) is 4.98 Å². The molecule has 0 saturated carbocycles. The van der Waals surface area contributed by atoms with E-state index in [4.69, 9.17) is 0 Å². The predicted octanol–water partition coefficient (Wildman–Crippen LogP) is 11.5. The minimum Gasteiger partial charge on any atom is -0.378 e. The molecule has 0 unspecified atom stereocenters. The molecule has 0 aliphatic rings. The molecule has 5 rings (SSSR count). The number of halogens is 6. The molecular weight excluding hydrogens is 648 g/mol. The van der Waals surface area contributed by atoms with Gasteiger partial charge in [-0.25, -0.2) is 4.98 Å². The summed E-state index contributed by atoms with van der Waals surface area (Å²) in [5.41, 5.74) is 2.78. The zero-order valence-electron chi connectivity index (χ0n) is 27.9. The zero-order chi connectivity index (χ0) is 36.1. The fraction of sp³-hybridized carbons (Fsp3) is 0.146. The topological polar surface area (TPSA) is 19.4 Å². The van der Waals surface area contributed by atoms with Crippen LogP contribution >= 0.6 is 0 Å². The Bertz CT molecular complexity index is 2030. The van der Waals surface area contributed by atoms with Crippen LogP contribution in [0, 0.1) is 0 Å². The molecule has 3 nitrogen and oxygen atoms in total. The Hall–Kier alpha value is -5.57. The van der Waals surface area contributed by atoms with Gasteiger partial charge in [-0.1, -0.05) is 72.9 Å². The van der Waals surface area contributed by atoms with Gasteiger partial charge >= 0.3 is 12.4 Å². The zero-order valence-corrected chi connectivity index (χ0v) is 27.9. The fourth-order valence-electron chi connectivity index (χ4n) is 5.22. The van der Waals surface area contributed by atoms with Crippen LogP contribution in [0.5, 0.6) is 0 Å². The van der Waals surface area contributed by atoms with Crippen LogP contribution in [0.3, 0.4) is 0 Å². The van der Waals surface area contributed by atoms with E-state index in [1.54, 1.807) is 36.4 Å². The first kappa shape index (κ1) is 35.7.